The Morgan fingerprint density at radius 3 is 2.88 bits per heavy atom. The standard InChI is InChI=1S/C12H16N2O2/c1-9(15)5-6-14-11-4-3-10(8-13)7-12(11)16-2/h3-4,7,9,14-15H,5-6H2,1-2H3. The Balaban J connectivity index is 2.69. The molecule has 86 valence electrons. The van der Waals surface area contributed by atoms with Gasteiger partial charge in [-0.3, -0.25) is 0 Å². The van der Waals surface area contributed by atoms with E-state index >= 15 is 0 Å². The van der Waals surface area contributed by atoms with Crippen LogP contribution in [0.5, 0.6) is 5.75 Å². The molecule has 0 saturated heterocycles. The first-order chi connectivity index (χ1) is 7.67. The SMILES string of the molecule is COc1cc(C#N)ccc1NCCC(C)O. The van der Waals surface area contributed by atoms with Crippen LogP contribution in [0.4, 0.5) is 5.69 Å². The molecule has 0 saturated carbocycles. The molecule has 1 unspecified atom stereocenters. The number of nitriles is 1. The van der Waals surface area contributed by atoms with Gasteiger partial charge in [-0.05, 0) is 25.5 Å². The summed E-state index contributed by atoms with van der Waals surface area (Å²) in [6.45, 7) is 2.41. The van der Waals surface area contributed by atoms with E-state index in [4.69, 9.17) is 15.1 Å². The normalized spacial score (nSPS) is 11.6. The van der Waals surface area contributed by atoms with E-state index in [1.807, 2.05) is 0 Å². The average Bonchev–Trinajstić information content (AvgIpc) is 2.29. The minimum Gasteiger partial charge on any atom is -0.495 e. The summed E-state index contributed by atoms with van der Waals surface area (Å²) < 4.78 is 5.17. The number of hydrogen-bond donors (Lipinski definition) is 2. The lowest BCUT2D eigenvalue weighted by Crippen LogP contribution is -2.10. The van der Waals surface area contributed by atoms with Crippen molar-refractivity contribution in [2.75, 3.05) is 19.0 Å². The fourth-order valence-electron chi connectivity index (χ4n) is 1.32. The molecule has 0 spiro atoms. The van der Waals surface area contributed by atoms with Gasteiger partial charge in [-0.25, -0.2) is 0 Å². The monoisotopic (exact) mass is 220 g/mol. The number of nitrogens with one attached hydrogen (secondary N) is 1. The summed E-state index contributed by atoms with van der Waals surface area (Å²) in [7, 11) is 1.57. The van der Waals surface area contributed by atoms with Crippen molar-refractivity contribution in [3.63, 3.8) is 0 Å². The fourth-order valence-corrected chi connectivity index (χ4v) is 1.32. The number of aliphatic hydroxyl groups excluding tert-OH is 1. The van der Waals surface area contributed by atoms with Gasteiger partial charge in [-0.1, -0.05) is 0 Å². The number of hydrogen-bond acceptors (Lipinski definition) is 4. The van der Waals surface area contributed by atoms with Crippen molar-refractivity contribution in [1.82, 2.24) is 0 Å². The van der Waals surface area contributed by atoms with Crippen molar-refractivity contribution in [2.45, 2.75) is 19.4 Å². The number of benzene rings is 1. The van der Waals surface area contributed by atoms with E-state index in [9.17, 15) is 0 Å². The summed E-state index contributed by atoms with van der Waals surface area (Å²) in [5.41, 5.74) is 1.40. The third-order valence-corrected chi connectivity index (χ3v) is 2.21. The highest BCUT2D eigenvalue weighted by molar-refractivity contribution is 5.59. The van der Waals surface area contributed by atoms with Crippen LogP contribution in [0.15, 0.2) is 18.2 Å². The molecule has 1 aromatic rings. The first-order valence-corrected chi connectivity index (χ1v) is 5.17. The molecule has 4 nitrogen and oxygen atoms in total. The highest BCUT2D eigenvalue weighted by atomic mass is 16.5. The molecule has 0 aliphatic carbocycles. The second kappa shape index (κ2) is 5.99. The lowest BCUT2D eigenvalue weighted by atomic mass is 10.2. The predicted octanol–water partition coefficient (Wildman–Crippen LogP) is 1.75. The van der Waals surface area contributed by atoms with Gasteiger partial charge in [0.2, 0.25) is 0 Å². The van der Waals surface area contributed by atoms with Crippen molar-refractivity contribution in [1.29, 1.82) is 5.26 Å². The van der Waals surface area contributed by atoms with Gasteiger partial charge in [0, 0.05) is 12.6 Å². The quantitative estimate of drug-likeness (QED) is 0.793. The highest BCUT2D eigenvalue weighted by Gasteiger charge is 2.04. The van der Waals surface area contributed by atoms with Crippen LogP contribution in [-0.2, 0) is 0 Å². The van der Waals surface area contributed by atoms with Crippen LogP contribution in [-0.4, -0.2) is 24.9 Å². The van der Waals surface area contributed by atoms with E-state index < -0.39 is 0 Å². The number of aliphatic hydroxyl groups is 1. The van der Waals surface area contributed by atoms with Gasteiger partial charge in [0.1, 0.15) is 5.75 Å². The van der Waals surface area contributed by atoms with E-state index in [1.54, 1.807) is 32.2 Å². The fraction of sp³-hybridized carbons (Fsp3) is 0.417. The van der Waals surface area contributed by atoms with Crippen LogP contribution in [0.1, 0.15) is 18.9 Å². The van der Waals surface area contributed by atoms with Crippen LogP contribution in [0.3, 0.4) is 0 Å². The zero-order chi connectivity index (χ0) is 12.0. The smallest absolute Gasteiger partial charge is 0.143 e. The summed E-state index contributed by atoms with van der Waals surface area (Å²) in [5, 5.41) is 21.0. The molecule has 4 heteroatoms. The number of anilines is 1. The highest BCUT2D eigenvalue weighted by Crippen LogP contribution is 2.25. The third-order valence-electron chi connectivity index (χ3n) is 2.21. The molecule has 0 aromatic heterocycles. The predicted molar refractivity (Wildman–Crippen MR) is 62.5 cm³/mol. The van der Waals surface area contributed by atoms with Crippen LogP contribution < -0.4 is 10.1 Å². The molecule has 0 aliphatic heterocycles. The molecule has 1 aromatic carbocycles. The van der Waals surface area contributed by atoms with E-state index in [2.05, 4.69) is 11.4 Å². The second-order valence-electron chi connectivity index (χ2n) is 3.59. The Hall–Kier alpha value is -1.73. The van der Waals surface area contributed by atoms with Crippen LogP contribution in [0.2, 0.25) is 0 Å². The Morgan fingerprint density at radius 2 is 2.31 bits per heavy atom. The van der Waals surface area contributed by atoms with Gasteiger partial charge in [0.25, 0.3) is 0 Å². The molecular formula is C12H16N2O2. The Bertz CT molecular complexity index is 383. The van der Waals surface area contributed by atoms with Gasteiger partial charge in [-0.2, -0.15) is 5.26 Å². The Labute approximate surface area is 95.5 Å². The molecule has 0 radical (unpaired) electrons. The maximum Gasteiger partial charge on any atom is 0.143 e. The van der Waals surface area contributed by atoms with Crippen molar-refractivity contribution in [3.8, 4) is 11.8 Å². The average molecular weight is 220 g/mol. The first kappa shape index (κ1) is 12.3. The lowest BCUT2D eigenvalue weighted by molar-refractivity contribution is 0.188. The molecular weight excluding hydrogens is 204 g/mol. The minimum atomic E-state index is -0.322. The number of methoxy groups -OCH3 is 1. The Morgan fingerprint density at radius 1 is 1.56 bits per heavy atom. The van der Waals surface area contributed by atoms with E-state index in [0.29, 0.717) is 24.3 Å². The van der Waals surface area contributed by atoms with Crippen LogP contribution in [0.25, 0.3) is 0 Å². The largest absolute Gasteiger partial charge is 0.495 e. The third kappa shape index (κ3) is 3.44. The molecule has 1 rings (SSSR count). The molecule has 0 aliphatic rings. The van der Waals surface area contributed by atoms with Gasteiger partial charge in [0.15, 0.2) is 0 Å². The van der Waals surface area contributed by atoms with Crippen molar-refractivity contribution in [3.05, 3.63) is 23.8 Å². The van der Waals surface area contributed by atoms with Gasteiger partial charge in [-0.15, -0.1) is 0 Å². The van der Waals surface area contributed by atoms with E-state index in [0.717, 1.165) is 5.69 Å². The zero-order valence-corrected chi connectivity index (χ0v) is 9.53. The van der Waals surface area contributed by atoms with Crippen molar-refractivity contribution in [2.24, 2.45) is 0 Å². The maximum atomic E-state index is 9.12. The second-order valence-corrected chi connectivity index (χ2v) is 3.59. The lowest BCUT2D eigenvalue weighted by Gasteiger charge is -2.12. The van der Waals surface area contributed by atoms with E-state index in [1.165, 1.54) is 0 Å². The minimum absolute atomic E-state index is 0.322. The summed E-state index contributed by atoms with van der Waals surface area (Å²) in [5.74, 6) is 0.643. The van der Waals surface area contributed by atoms with Crippen molar-refractivity contribution >= 4 is 5.69 Å². The summed E-state index contributed by atoms with van der Waals surface area (Å²) in [6.07, 6.45) is 0.347. The molecule has 1 atom stereocenters. The molecule has 16 heavy (non-hydrogen) atoms. The van der Waals surface area contributed by atoms with Gasteiger partial charge >= 0.3 is 0 Å². The first-order valence-electron chi connectivity index (χ1n) is 5.17. The summed E-state index contributed by atoms with van der Waals surface area (Å²) in [6, 6.07) is 7.28. The van der Waals surface area contributed by atoms with Gasteiger partial charge in [0.05, 0.1) is 30.5 Å². The number of ether oxygens (including phenoxy) is 1. The van der Waals surface area contributed by atoms with Crippen LogP contribution >= 0.6 is 0 Å². The summed E-state index contributed by atoms with van der Waals surface area (Å²) >= 11 is 0. The Kier molecular flexibility index (Phi) is 4.62. The number of nitrogens with zero attached hydrogens (tertiary/aromatic N) is 1. The molecule has 0 amide bonds. The van der Waals surface area contributed by atoms with Crippen molar-refractivity contribution < 1.29 is 9.84 Å². The zero-order valence-electron chi connectivity index (χ0n) is 9.53. The number of rotatable bonds is 5. The van der Waals surface area contributed by atoms with Gasteiger partial charge < -0.3 is 15.2 Å². The van der Waals surface area contributed by atoms with E-state index in [-0.39, 0.29) is 6.10 Å². The van der Waals surface area contributed by atoms with Crippen LogP contribution in [0, 0.1) is 11.3 Å². The topological polar surface area (TPSA) is 65.3 Å². The molecule has 0 fully saturated rings. The molecule has 0 bridgehead atoms. The summed E-state index contributed by atoms with van der Waals surface area (Å²) in [4.78, 5) is 0. The molecule has 2 N–H and O–H groups in total. The maximum absolute atomic E-state index is 9.12. The molecule has 0 heterocycles.